The summed E-state index contributed by atoms with van der Waals surface area (Å²) in [5.74, 6) is -0.824. The molecule has 0 radical (unpaired) electrons. The lowest BCUT2D eigenvalue weighted by Gasteiger charge is -2.05. The topological polar surface area (TPSA) is 55.1 Å². The summed E-state index contributed by atoms with van der Waals surface area (Å²) in [5, 5.41) is 3.14. The predicted octanol–water partition coefficient (Wildman–Crippen LogP) is 2.00. The van der Waals surface area contributed by atoms with Crippen LogP contribution in [0, 0.1) is 5.82 Å². The third kappa shape index (κ3) is 2.51. The second-order valence-electron chi connectivity index (χ2n) is 3.93. The molecule has 0 aliphatic heterocycles. The molecule has 3 N–H and O–H groups in total. The van der Waals surface area contributed by atoms with E-state index in [0.29, 0.717) is 6.04 Å². The van der Waals surface area contributed by atoms with Crippen molar-refractivity contribution in [2.24, 2.45) is 0 Å². The number of ketones is 1. The molecule has 3 nitrogen and oxygen atoms in total. The van der Waals surface area contributed by atoms with Crippen LogP contribution in [0.4, 0.5) is 10.1 Å². The van der Waals surface area contributed by atoms with E-state index in [4.69, 9.17) is 17.3 Å². The van der Waals surface area contributed by atoms with E-state index in [1.165, 1.54) is 6.07 Å². The summed E-state index contributed by atoms with van der Waals surface area (Å²) in [5.41, 5.74) is 5.49. The molecule has 1 fully saturated rings. The zero-order valence-corrected chi connectivity index (χ0v) is 9.35. The fraction of sp³-hybridized carbons (Fsp3) is 0.364. The van der Waals surface area contributed by atoms with E-state index in [-0.39, 0.29) is 28.6 Å². The van der Waals surface area contributed by atoms with Crippen LogP contribution in [0.2, 0.25) is 5.02 Å². The number of hydrogen-bond acceptors (Lipinski definition) is 3. The molecule has 86 valence electrons. The van der Waals surface area contributed by atoms with Gasteiger partial charge in [0.2, 0.25) is 0 Å². The maximum atomic E-state index is 13.2. The third-order valence-corrected chi connectivity index (χ3v) is 2.84. The first kappa shape index (κ1) is 11.4. The van der Waals surface area contributed by atoms with Gasteiger partial charge in [0.05, 0.1) is 17.3 Å². The van der Waals surface area contributed by atoms with E-state index in [1.807, 2.05) is 0 Å². The maximum absolute atomic E-state index is 13.2. The van der Waals surface area contributed by atoms with Crippen LogP contribution >= 0.6 is 11.6 Å². The zero-order valence-electron chi connectivity index (χ0n) is 8.59. The summed E-state index contributed by atoms with van der Waals surface area (Å²) in [6.45, 7) is 0.213. The van der Waals surface area contributed by atoms with Gasteiger partial charge in [0.25, 0.3) is 0 Å². The highest BCUT2D eigenvalue weighted by Crippen LogP contribution is 2.24. The molecule has 0 heterocycles. The highest BCUT2D eigenvalue weighted by Gasteiger charge is 2.21. The Bertz CT molecular complexity index is 409. The molecule has 1 saturated carbocycles. The van der Waals surface area contributed by atoms with Crippen molar-refractivity contribution in [2.75, 3.05) is 12.3 Å². The maximum Gasteiger partial charge on any atom is 0.176 e. The van der Waals surface area contributed by atoms with Crippen LogP contribution in [-0.4, -0.2) is 18.4 Å². The second-order valence-corrected chi connectivity index (χ2v) is 4.34. The van der Waals surface area contributed by atoms with Crippen LogP contribution in [0.15, 0.2) is 12.1 Å². The van der Waals surface area contributed by atoms with Gasteiger partial charge in [-0.15, -0.1) is 0 Å². The Morgan fingerprint density at radius 1 is 1.56 bits per heavy atom. The molecule has 0 aromatic heterocycles. The van der Waals surface area contributed by atoms with Crippen molar-refractivity contribution in [3.05, 3.63) is 28.5 Å². The fourth-order valence-electron chi connectivity index (χ4n) is 1.37. The number of carbonyl (C=O) groups excluding carboxylic acids is 1. The van der Waals surface area contributed by atoms with E-state index < -0.39 is 5.82 Å². The molecule has 1 aromatic rings. The van der Waals surface area contributed by atoms with E-state index in [2.05, 4.69) is 5.32 Å². The Hall–Kier alpha value is -1.13. The van der Waals surface area contributed by atoms with Crippen LogP contribution in [0.3, 0.4) is 0 Å². The molecule has 1 aliphatic carbocycles. The van der Waals surface area contributed by atoms with Crippen molar-refractivity contribution in [1.82, 2.24) is 5.32 Å². The van der Waals surface area contributed by atoms with Crippen molar-refractivity contribution in [2.45, 2.75) is 18.9 Å². The van der Waals surface area contributed by atoms with Gasteiger partial charge in [-0.2, -0.15) is 0 Å². The fourth-order valence-corrected chi connectivity index (χ4v) is 1.58. The van der Waals surface area contributed by atoms with Crippen molar-refractivity contribution in [3.63, 3.8) is 0 Å². The van der Waals surface area contributed by atoms with Crippen molar-refractivity contribution in [1.29, 1.82) is 0 Å². The normalized spacial score (nSPS) is 15.1. The number of nitrogens with two attached hydrogens (primary N) is 1. The molecule has 0 atom stereocenters. The van der Waals surface area contributed by atoms with Gasteiger partial charge in [-0.05, 0) is 25.0 Å². The van der Waals surface area contributed by atoms with Gasteiger partial charge in [-0.3, -0.25) is 4.79 Å². The van der Waals surface area contributed by atoms with Gasteiger partial charge in [0, 0.05) is 11.6 Å². The predicted molar refractivity (Wildman–Crippen MR) is 61.2 cm³/mol. The van der Waals surface area contributed by atoms with Gasteiger partial charge < -0.3 is 11.1 Å². The number of hydrogen-bond donors (Lipinski definition) is 2. The first-order valence-corrected chi connectivity index (χ1v) is 5.47. The number of anilines is 1. The number of halogens is 2. The summed E-state index contributed by atoms with van der Waals surface area (Å²) in [7, 11) is 0. The van der Waals surface area contributed by atoms with E-state index in [0.717, 1.165) is 18.9 Å². The molecular weight excluding hydrogens is 231 g/mol. The Kier molecular flexibility index (Phi) is 3.12. The summed E-state index contributed by atoms with van der Waals surface area (Å²) < 4.78 is 13.2. The van der Waals surface area contributed by atoms with Gasteiger partial charge in [-0.1, -0.05) is 11.6 Å². The highest BCUT2D eigenvalue weighted by atomic mass is 35.5. The molecule has 1 aliphatic rings. The molecule has 1 aromatic carbocycles. The minimum atomic E-state index is -0.651. The summed E-state index contributed by atoms with van der Waals surface area (Å²) in [6.07, 6.45) is 2.20. The van der Waals surface area contributed by atoms with Gasteiger partial charge >= 0.3 is 0 Å². The summed E-state index contributed by atoms with van der Waals surface area (Å²) >= 11 is 5.70. The Labute approximate surface area is 97.8 Å². The lowest BCUT2D eigenvalue weighted by molar-refractivity contribution is 0.0990. The van der Waals surface area contributed by atoms with Crippen LogP contribution in [0.5, 0.6) is 0 Å². The lowest BCUT2D eigenvalue weighted by atomic mass is 10.1. The number of Topliss-reactive ketones (excluding diaryl/α,β-unsaturated/α-hetero) is 1. The molecule has 0 spiro atoms. The standard InChI is InChI=1S/C11H12ClFN2O/c12-8-3-6(4-9(13)11(8)14)10(16)5-15-7-1-2-7/h3-4,7,15H,1-2,5,14H2. The molecule has 0 amide bonds. The number of rotatable bonds is 4. The van der Waals surface area contributed by atoms with Crippen LogP contribution in [-0.2, 0) is 0 Å². The number of nitrogen functional groups attached to an aromatic ring is 1. The van der Waals surface area contributed by atoms with Crippen LogP contribution in [0.1, 0.15) is 23.2 Å². The molecule has 5 heteroatoms. The highest BCUT2D eigenvalue weighted by molar-refractivity contribution is 6.33. The first-order valence-electron chi connectivity index (χ1n) is 5.09. The van der Waals surface area contributed by atoms with Crippen molar-refractivity contribution in [3.8, 4) is 0 Å². The number of benzene rings is 1. The minimum Gasteiger partial charge on any atom is -0.395 e. The van der Waals surface area contributed by atoms with Crippen LogP contribution < -0.4 is 11.1 Å². The smallest absolute Gasteiger partial charge is 0.176 e. The third-order valence-electron chi connectivity index (χ3n) is 2.53. The number of carbonyl (C=O) groups is 1. The van der Waals surface area contributed by atoms with Gasteiger partial charge in [0.15, 0.2) is 5.78 Å². The van der Waals surface area contributed by atoms with Gasteiger partial charge in [0.1, 0.15) is 5.82 Å². The molecule has 0 unspecified atom stereocenters. The average molecular weight is 243 g/mol. The molecular formula is C11H12ClFN2O. The Morgan fingerprint density at radius 3 is 2.81 bits per heavy atom. The summed E-state index contributed by atoms with van der Waals surface area (Å²) in [4.78, 5) is 11.7. The van der Waals surface area contributed by atoms with E-state index >= 15 is 0 Å². The van der Waals surface area contributed by atoms with Crippen molar-refractivity contribution < 1.29 is 9.18 Å². The monoisotopic (exact) mass is 242 g/mol. The second kappa shape index (κ2) is 4.39. The Balaban J connectivity index is 2.09. The minimum absolute atomic E-state index is 0.0785. The average Bonchev–Trinajstić information content (AvgIpc) is 3.05. The molecule has 2 rings (SSSR count). The molecule has 0 bridgehead atoms. The Morgan fingerprint density at radius 2 is 2.25 bits per heavy atom. The molecule has 0 saturated heterocycles. The van der Waals surface area contributed by atoms with Crippen molar-refractivity contribution >= 4 is 23.1 Å². The molecule has 16 heavy (non-hydrogen) atoms. The first-order chi connectivity index (χ1) is 7.58. The van der Waals surface area contributed by atoms with Gasteiger partial charge in [-0.25, -0.2) is 4.39 Å². The van der Waals surface area contributed by atoms with E-state index in [9.17, 15) is 9.18 Å². The zero-order chi connectivity index (χ0) is 11.7. The SMILES string of the molecule is Nc1c(F)cc(C(=O)CNC2CC2)cc1Cl. The number of nitrogens with one attached hydrogen (secondary N) is 1. The quantitative estimate of drug-likeness (QED) is 0.627. The lowest BCUT2D eigenvalue weighted by Crippen LogP contribution is -2.25. The largest absolute Gasteiger partial charge is 0.395 e. The van der Waals surface area contributed by atoms with Crippen LogP contribution in [0.25, 0.3) is 0 Å². The summed E-state index contributed by atoms with van der Waals surface area (Å²) in [6, 6.07) is 2.97. The van der Waals surface area contributed by atoms with E-state index in [1.54, 1.807) is 0 Å².